The van der Waals surface area contributed by atoms with Crippen LogP contribution in [0.2, 0.25) is 0 Å². The first kappa shape index (κ1) is 34.1. The third-order valence-electron chi connectivity index (χ3n) is 9.10. The summed E-state index contributed by atoms with van der Waals surface area (Å²) in [6.07, 6.45) is 3.17. The molecule has 7 rings (SSSR count). The second kappa shape index (κ2) is 14.5. The van der Waals surface area contributed by atoms with Crippen molar-refractivity contribution in [3.8, 4) is 44.9 Å². The number of fused-ring (bicyclic) bond motifs is 3. The van der Waals surface area contributed by atoms with Gasteiger partial charge in [0.05, 0.1) is 5.41 Å². The van der Waals surface area contributed by atoms with E-state index in [4.69, 9.17) is 19.7 Å². The standard InChI is InChI=1S/C45H30O8/c46-41(47)23-25-43(50)52-39-27-31(19-21-33(39)29-11-3-1-4-12-29)45(37-17-9-7-15-35(37)36-16-8-10-18-38(36)45)32-20-22-34(30-13-5-2-6-14-30)40(28-32)53-44(51)26-24-42(48)49/h1-28H,(H,46,47)(H,48,49)/b25-23+,26-24+. The maximum atomic E-state index is 13.0. The van der Waals surface area contributed by atoms with Gasteiger partial charge in [-0.15, -0.1) is 0 Å². The van der Waals surface area contributed by atoms with Crippen molar-refractivity contribution >= 4 is 23.9 Å². The minimum Gasteiger partial charge on any atom is -0.478 e. The molecule has 0 bridgehead atoms. The largest absolute Gasteiger partial charge is 0.478 e. The SMILES string of the molecule is O=C(O)/C=C/C(=O)Oc1cc(C2(c3ccc(-c4ccccc4)c(OC(=O)/C=C/C(=O)O)c3)c3ccccc3-c3ccccc32)ccc1-c1ccccc1. The van der Waals surface area contributed by atoms with Gasteiger partial charge in [0.1, 0.15) is 11.5 Å². The number of ether oxygens (including phenoxy) is 2. The van der Waals surface area contributed by atoms with Gasteiger partial charge in [-0.3, -0.25) is 0 Å². The van der Waals surface area contributed by atoms with E-state index in [0.717, 1.165) is 68.8 Å². The lowest BCUT2D eigenvalue weighted by molar-refractivity contribution is -0.133. The van der Waals surface area contributed by atoms with Crippen LogP contribution < -0.4 is 9.47 Å². The summed E-state index contributed by atoms with van der Waals surface area (Å²) in [5.41, 5.74) is 6.97. The maximum absolute atomic E-state index is 13.0. The van der Waals surface area contributed by atoms with Gasteiger partial charge < -0.3 is 19.7 Å². The monoisotopic (exact) mass is 698 g/mol. The van der Waals surface area contributed by atoms with E-state index < -0.39 is 29.3 Å². The van der Waals surface area contributed by atoms with Crippen LogP contribution >= 0.6 is 0 Å². The molecule has 0 aliphatic heterocycles. The first-order valence-corrected chi connectivity index (χ1v) is 16.6. The van der Waals surface area contributed by atoms with Crippen LogP contribution in [0.25, 0.3) is 33.4 Å². The Labute approximate surface area is 304 Å². The van der Waals surface area contributed by atoms with E-state index in [1.54, 1.807) is 12.1 Å². The highest BCUT2D eigenvalue weighted by molar-refractivity contribution is 5.94. The molecular formula is C45H30O8. The van der Waals surface area contributed by atoms with Crippen molar-refractivity contribution in [2.45, 2.75) is 5.41 Å². The number of carboxylic acids is 2. The second-order valence-corrected chi connectivity index (χ2v) is 12.2. The average molecular weight is 699 g/mol. The summed E-state index contributed by atoms with van der Waals surface area (Å²) in [4.78, 5) is 48.5. The molecule has 6 aromatic carbocycles. The molecule has 0 spiro atoms. The topological polar surface area (TPSA) is 127 Å². The van der Waals surface area contributed by atoms with E-state index in [2.05, 4.69) is 0 Å². The molecule has 0 amide bonds. The zero-order valence-electron chi connectivity index (χ0n) is 28.0. The molecule has 0 aromatic heterocycles. The number of hydrogen-bond donors (Lipinski definition) is 2. The van der Waals surface area contributed by atoms with E-state index in [9.17, 15) is 19.2 Å². The molecule has 0 radical (unpaired) electrons. The third kappa shape index (κ3) is 6.64. The fourth-order valence-corrected chi connectivity index (χ4v) is 6.98. The highest BCUT2D eigenvalue weighted by Gasteiger charge is 2.46. The van der Waals surface area contributed by atoms with Crippen molar-refractivity contribution in [2.75, 3.05) is 0 Å². The van der Waals surface area contributed by atoms with Crippen LogP contribution in [0.4, 0.5) is 0 Å². The molecule has 0 fully saturated rings. The summed E-state index contributed by atoms with van der Waals surface area (Å²) in [7, 11) is 0. The summed E-state index contributed by atoms with van der Waals surface area (Å²) in [5.74, 6) is -3.88. The molecule has 8 heteroatoms. The van der Waals surface area contributed by atoms with Gasteiger partial charge in [-0.25, -0.2) is 19.2 Å². The van der Waals surface area contributed by atoms with Gasteiger partial charge in [0.25, 0.3) is 0 Å². The van der Waals surface area contributed by atoms with Gasteiger partial charge in [-0.1, -0.05) is 133 Å². The highest BCUT2D eigenvalue weighted by Crippen LogP contribution is 2.57. The zero-order chi connectivity index (χ0) is 37.0. The summed E-state index contributed by atoms with van der Waals surface area (Å²) in [5, 5.41) is 18.3. The molecule has 8 nitrogen and oxygen atoms in total. The number of rotatable bonds is 10. The van der Waals surface area contributed by atoms with Gasteiger partial charge in [0.15, 0.2) is 0 Å². The number of carbonyl (C=O) groups is 4. The summed E-state index contributed by atoms with van der Waals surface area (Å²) < 4.78 is 11.8. The Morgan fingerprint density at radius 3 is 1.21 bits per heavy atom. The molecule has 2 N–H and O–H groups in total. The molecule has 0 atom stereocenters. The van der Waals surface area contributed by atoms with Gasteiger partial charge in [-0.05, 0) is 56.6 Å². The number of hydrogen-bond acceptors (Lipinski definition) is 6. The molecule has 258 valence electrons. The minimum atomic E-state index is -1.29. The number of carbonyl (C=O) groups excluding carboxylic acids is 2. The van der Waals surface area contributed by atoms with E-state index in [0.29, 0.717) is 11.1 Å². The predicted octanol–water partition coefficient (Wildman–Crippen LogP) is 8.48. The van der Waals surface area contributed by atoms with E-state index in [1.165, 1.54) is 0 Å². The first-order valence-electron chi connectivity index (χ1n) is 16.6. The zero-order valence-corrected chi connectivity index (χ0v) is 28.0. The molecule has 0 saturated carbocycles. The Hall–Kier alpha value is -7.32. The quantitative estimate of drug-likeness (QED) is 0.0828. The van der Waals surface area contributed by atoms with Crippen LogP contribution in [0, 0.1) is 0 Å². The Bertz CT molecular complexity index is 2270. The van der Waals surface area contributed by atoms with Crippen LogP contribution in [0.3, 0.4) is 0 Å². The van der Waals surface area contributed by atoms with E-state index in [-0.39, 0.29) is 11.5 Å². The lowest BCUT2D eigenvalue weighted by Gasteiger charge is -2.34. The molecule has 1 aliphatic rings. The third-order valence-corrected chi connectivity index (χ3v) is 9.10. The molecular weight excluding hydrogens is 668 g/mol. The average Bonchev–Trinajstić information content (AvgIpc) is 3.48. The minimum absolute atomic E-state index is 0.210. The maximum Gasteiger partial charge on any atom is 0.336 e. The number of esters is 2. The lowest BCUT2D eigenvalue weighted by atomic mass is 9.67. The van der Waals surface area contributed by atoms with Crippen molar-refractivity contribution in [2.24, 2.45) is 0 Å². The molecule has 0 unspecified atom stereocenters. The smallest absolute Gasteiger partial charge is 0.336 e. The number of aliphatic carboxylic acids is 2. The Balaban J connectivity index is 1.51. The second-order valence-electron chi connectivity index (χ2n) is 12.2. The molecule has 53 heavy (non-hydrogen) atoms. The van der Waals surface area contributed by atoms with Crippen molar-refractivity contribution in [3.05, 3.63) is 192 Å². The van der Waals surface area contributed by atoms with E-state index in [1.807, 2.05) is 133 Å². The van der Waals surface area contributed by atoms with Crippen molar-refractivity contribution in [3.63, 3.8) is 0 Å². The van der Waals surface area contributed by atoms with Crippen LogP contribution in [-0.4, -0.2) is 34.1 Å². The van der Waals surface area contributed by atoms with E-state index >= 15 is 0 Å². The fourth-order valence-electron chi connectivity index (χ4n) is 6.98. The summed E-state index contributed by atoms with van der Waals surface area (Å²) in [6.45, 7) is 0. The normalized spacial score (nSPS) is 12.6. The summed E-state index contributed by atoms with van der Waals surface area (Å²) >= 11 is 0. The van der Waals surface area contributed by atoms with Crippen LogP contribution in [0.15, 0.2) is 170 Å². The lowest BCUT2D eigenvalue weighted by Crippen LogP contribution is -2.29. The number of carboxylic acid groups (broad SMARTS) is 2. The first-order chi connectivity index (χ1) is 25.8. The Morgan fingerprint density at radius 1 is 0.434 bits per heavy atom. The van der Waals surface area contributed by atoms with Gasteiger partial charge in [0, 0.05) is 35.4 Å². The highest BCUT2D eigenvalue weighted by atomic mass is 16.5. The molecule has 6 aromatic rings. The molecule has 1 aliphatic carbocycles. The molecule has 0 heterocycles. The fraction of sp³-hybridized carbons (Fsp3) is 0.0222. The number of benzene rings is 6. The van der Waals surface area contributed by atoms with Gasteiger partial charge in [-0.2, -0.15) is 0 Å². The van der Waals surface area contributed by atoms with Crippen molar-refractivity contribution < 1.29 is 38.9 Å². The molecule has 0 saturated heterocycles. The Morgan fingerprint density at radius 2 is 0.811 bits per heavy atom. The van der Waals surface area contributed by atoms with Crippen LogP contribution in [0.1, 0.15) is 22.3 Å². The van der Waals surface area contributed by atoms with Gasteiger partial charge in [0.2, 0.25) is 0 Å². The van der Waals surface area contributed by atoms with Crippen LogP contribution in [-0.2, 0) is 24.6 Å². The van der Waals surface area contributed by atoms with Crippen molar-refractivity contribution in [1.82, 2.24) is 0 Å². The predicted molar refractivity (Wildman–Crippen MR) is 199 cm³/mol. The summed E-state index contributed by atoms with van der Waals surface area (Å²) in [6, 6.07) is 46.0. The van der Waals surface area contributed by atoms with Gasteiger partial charge >= 0.3 is 23.9 Å². The van der Waals surface area contributed by atoms with Crippen molar-refractivity contribution in [1.29, 1.82) is 0 Å². The Kier molecular flexibility index (Phi) is 9.34. The van der Waals surface area contributed by atoms with Crippen LogP contribution in [0.5, 0.6) is 11.5 Å².